The number of aromatic nitrogens is 2. The van der Waals surface area contributed by atoms with E-state index in [0.29, 0.717) is 22.7 Å². The number of anilines is 1. The molecular weight excluding hydrogens is 452 g/mol. The molecule has 2 heterocycles. The monoisotopic (exact) mass is 476 g/mol. The van der Waals surface area contributed by atoms with Gasteiger partial charge in [0.1, 0.15) is 18.1 Å². The molecule has 2 aromatic heterocycles. The van der Waals surface area contributed by atoms with Gasteiger partial charge >= 0.3 is 0 Å². The van der Waals surface area contributed by atoms with E-state index in [0.717, 1.165) is 28.4 Å². The molecule has 0 saturated carbocycles. The maximum atomic E-state index is 12.6. The van der Waals surface area contributed by atoms with Crippen LogP contribution in [0.1, 0.15) is 43.4 Å². The third-order valence-electron chi connectivity index (χ3n) is 4.86. The van der Waals surface area contributed by atoms with Crippen molar-refractivity contribution in [2.75, 3.05) is 5.32 Å². The average molecular weight is 477 g/mol. The summed E-state index contributed by atoms with van der Waals surface area (Å²) in [5.41, 5.74) is 2.02. The molecule has 1 atom stereocenters. The van der Waals surface area contributed by atoms with Crippen LogP contribution < -0.4 is 15.4 Å². The number of hydrogen-bond acceptors (Lipinski definition) is 7. The molecule has 174 valence electrons. The Labute approximate surface area is 201 Å². The zero-order valence-corrected chi connectivity index (χ0v) is 19.6. The second-order valence-electron chi connectivity index (χ2n) is 7.80. The van der Waals surface area contributed by atoms with Crippen molar-refractivity contribution in [2.45, 2.75) is 32.9 Å². The largest absolute Gasteiger partial charge is 0.486 e. The topological polar surface area (TPSA) is 106 Å². The SMILES string of the molecule is Cc1cccc(OCc2nnc(C(=O)Nc3cccc(C(=O)NC(C)Cc4ccco4)c3)s2)c1. The van der Waals surface area contributed by atoms with Crippen LogP contribution in [0.25, 0.3) is 0 Å². The van der Waals surface area contributed by atoms with Crippen LogP contribution >= 0.6 is 11.3 Å². The summed E-state index contributed by atoms with van der Waals surface area (Å²) >= 11 is 1.16. The number of carbonyl (C=O) groups excluding carboxylic acids is 2. The minimum absolute atomic E-state index is 0.112. The Morgan fingerprint density at radius 2 is 1.91 bits per heavy atom. The summed E-state index contributed by atoms with van der Waals surface area (Å²) in [5.74, 6) is 0.897. The van der Waals surface area contributed by atoms with Gasteiger partial charge in [-0.25, -0.2) is 0 Å². The van der Waals surface area contributed by atoms with Gasteiger partial charge in [-0.05, 0) is 61.9 Å². The summed E-state index contributed by atoms with van der Waals surface area (Å²) in [6.07, 6.45) is 2.19. The smallest absolute Gasteiger partial charge is 0.286 e. The standard InChI is InChI=1S/C25H24N4O4S/c1-16-6-3-9-20(12-16)33-15-22-28-29-25(34-22)24(31)27-19-8-4-7-18(14-19)23(30)26-17(2)13-21-10-5-11-32-21/h3-12,14,17H,13,15H2,1-2H3,(H,26,30)(H,27,31). The van der Waals surface area contributed by atoms with Crippen LogP contribution in [-0.4, -0.2) is 28.1 Å². The molecular formula is C25H24N4O4S. The van der Waals surface area contributed by atoms with Gasteiger partial charge in [-0.1, -0.05) is 29.5 Å². The number of amides is 2. The first-order valence-corrected chi connectivity index (χ1v) is 11.5. The fraction of sp³-hybridized carbons (Fsp3) is 0.200. The van der Waals surface area contributed by atoms with Gasteiger partial charge in [0.25, 0.3) is 11.8 Å². The Hall–Kier alpha value is -3.98. The van der Waals surface area contributed by atoms with E-state index in [9.17, 15) is 9.59 Å². The maximum Gasteiger partial charge on any atom is 0.286 e. The minimum Gasteiger partial charge on any atom is -0.486 e. The van der Waals surface area contributed by atoms with Crippen LogP contribution in [0.3, 0.4) is 0 Å². The Morgan fingerprint density at radius 1 is 1.06 bits per heavy atom. The maximum absolute atomic E-state index is 12.6. The number of rotatable bonds is 9. The molecule has 0 aliphatic carbocycles. The lowest BCUT2D eigenvalue weighted by Crippen LogP contribution is -2.34. The number of nitrogens with zero attached hydrogens (tertiary/aromatic N) is 2. The lowest BCUT2D eigenvalue weighted by molar-refractivity contribution is 0.0938. The van der Waals surface area contributed by atoms with Crippen molar-refractivity contribution in [2.24, 2.45) is 0 Å². The van der Waals surface area contributed by atoms with E-state index in [2.05, 4.69) is 20.8 Å². The van der Waals surface area contributed by atoms with Crippen LogP contribution in [0.4, 0.5) is 5.69 Å². The molecule has 1 unspecified atom stereocenters. The van der Waals surface area contributed by atoms with Crippen molar-refractivity contribution in [3.8, 4) is 5.75 Å². The Bertz CT molecular complexity index is 1270. The molecule has 0 saturated heterocycles. The molecule has 0 aliphatic rings. The van der Waals surface area contributed by atoms with E-state index < -0.39 is 5.91 Å². The zero-order chi connectivity index (χ0) is 23.9. The van der Waals surface area contributed by atoms with Crippen LogP contribution in [0.15, 0.2) is 71.3 Å². The normalized spacial score (nSPS) is 11.6. The first kappa shape index (κ1) is 23.2. The van der Waals surface area contributed by atoms with Crippen LogP contribution in [-0.2, 0) is 13.0 Å². The number of aryl methyl sites for hydroxylation is 1. The summed E-state index contributed by atoms with van der Waals surface area (Å²) in [6.45, 7) is 4.11. The van der Waals surface area contributed by atoms with E-state index in [4.69, 9.17) is 9.15 Å². The fourth-order valence-corrected chi connectivity index (χ4v) is 3.91. The lowest BCUT2D eigenvalue weighted by Gasteiger charge is -2.13. The molecule has 9 heteroatoms. The predicted octanol–water partition coefficient (Wildman–Crippen LogP) is 4.63. The molecule has 8 nitrogen and oxygen atoms in total. The lowest BCUT2D eigenvalue weighted by atomic mass is 10.1. The quantitative estimate of drug-likeness (QED) is 0.365. The number of furan rings is 1. The zero-order valence-electron chi connectivity index (χ0n) is 18.8. The van der Waals surface area contributed by atoms with E-state index in [1.54, 1.807) is 30.5 Å². The Morgan fingerprint density at radius 3 is 2.71 bits per heavy atom. The molecule has 4 rings (SSSR count). The van der Waals surface area contributed by atoms with Crippen molar-refractivity contribution in [1.29, 1.82) is 0 Å². The molecule has 2 amide bonds. The number of ether oxygens (including phenoxy) is 1. The second kappa shape index (κ2) is 10.8. The van der Waals surface area contributed by atoms with Gasteiger partial charge in [-0.15, -0.1) is 10.2 Å². The molecule has 0 spiro atoms. The highest BCUT2D eigenvalue weighted by atomic mass is 32.1. The van der Waals surface area contributed by atoms with Crippen LogP contribution in [0.2, 0.25) is 0 Å². The Kier molecular flexibility index (Phi) is 7.34. The number of carbonyl (C=O) groups is 2. The van der Waals surface area contributed by atoms with Crippen molar-refractivity contribution in [1.82, 2.24) is 15.5 Å². The summed E-state index contributed by atoms with van der Waals surface area (Å²) in [4.78, 5) is 25.2. The summed E-state index contributed by atoms with van der Waals surface area (Å²) in [7, 11) is 0. The molecule has 0 fully saturated rings. The minimum atomic E-state index is -0.400. The number of benzene rings is 2. The summed E-state index contributed by atoms with van der Waals surface area (Å²) in [6, 6.07) is 18.0. The molecule has 0 bridgehead atoms. The summed E-state index contributed by atoms with van der Waals surface area (Å²) < 4.78 is 11.0. The Balaban J connectivity index is 1.32. The first-order valence-electron chi connectivity index (χ1n) is 10.7. The van der Waals surface area contributed by atoms with Gasteiger partial charge in [0.15, 0.2) is 5.01 Å². The van der Waals surface area contributed by atoms with Crippen LogP contribution in [0, 0.1) is 6.92 Å². The number of hydrogen-bond donors (Lipinski definition) is 2. The van der Waals surface area contributed by atoms with Crippen molar-refractivity contribution >= 4 is 28.8 Å². The van der Waals surface area contributed by atoms with Gasteiger partial charge in [0.05, 0.1) is 6.26 Å². The van der Waals surface area contributed by atoms with Gasteiger partial charge in [0.2, 0.25) is 5.01 Å². The summed E-state index contributed by atoms with van der Waals surface area (Å²) in [5, 5.41) is 14.5. The molecule has 2 aromatic carbocycles. The average Bonchev–Trinajstić information content (AvgIpc) is 3.50. The highest BCUT2D eigenvalue weighted by Crippen LogP contribution is 2.18. The number of nitrogens with one attached hydrogen (secondary N) is 2. The highest BCUT2D eigenvalue weighted by Gasteiger charge is 2.16. The van der Waals surface area contributed by atoms with E-state index in [1.165, 1.54) is 0 Å². The molecule has 2 N–H and O–H groups in total. The highest BCUT2D eigenvalue weighted by molar-refractivity contribution is 7.13. The van der Waals surface area contributed by atoms with Crippen molar-refractivity contribution in [3.05, 3.63) is 93.8 Å². The predicted molar refractivity (Wildman–Crippen MR) is 129 cm³/mol. The first-order chi connectivity index (χ1) is 16.5. The molecule has 0 radical (unpaired) electrons. The third kappa shape index (κ3) is 6.29. The second-order valence-corrected chi connectivity index (χ2v) is 8.86. The third-order valence-corrected chi connectivity index (χ3v) is 5.76. The van der Waals surface area contributed by atoms with Crippen molar-refractivity contribution in [3.63, 3.8) is 0 Å². The van der Waals surface area contributed by atoms with Gasteiger partial charge in [0, 0.05) is 23.7 Å². The fourth-order valence-electron chi connectivity index (χ4n) is 3.27. The molecule has 34 heavy (non-hydrogen) atoms. The van der Waals surface area contributed by atoms with Gasteiger partial charge in [-0.2, -0.15) is 0 Å². The van der Waals surface area contributed by atoms with Gasteiger partial charge in [-0.3, -0.25) is 9.59 Å². The van der Waals surface area contributed by atoms with Gasteiger partial charge < -0.3 is 19.8 Å². The van der Waals surface area contributed by atoms with E-state index >= 15 is 0 Å². The molecule has 0 aliphatic heterocycles. The van der Waals surface area contributed by atoms with E-state index in [-0.39, 0.29) is 23.6 Å². The van der Waals surface area contributed by atoms with Crippen molar-refractivity contribution < 1.29 is 18.7 Å². The van der Waals surface area contributed by atoms with E-state index in [1.807, 2.05) is 50.2 Å². The van der Waals surface area contributed by atoms with Crippen LogP contribution in [0.5, 0.6) is 5.75 Å². The molecule has 4 aromatic rings.